The summed E-state index contributed by atoms with van der Waals surface area (Å²) in [5.41, 5.74) is 2.21. The fourth-order valence-corrected chi connectivity index (χ4v) is 3.94. The lowest BCUT2D eigenvalue weighted by Gasteiger charge is -2.14. The van der Waals surface area contributed by atoms with E-state index >= 15 is 0 Å². The van der Waals surface area contributed by atoms with E-state index in [0.717, 1.165) is 13.6 Å². The number of benzene rings is 3. The molecule has 1 N–H and O–H groups in total. The van der Waals surface area contributed by atoms with Crippen LogP contribution in [0.3, 0.4) is 0 Å². The second-order valence-electron chi connectivity index (χ2n) is 6.58. The monoisotopic (exact) mass is 666 g/mol. The molecule has 0 atom stereocenters. The van der Waals surface area contributed by atoms with Crippen LogP contribution in [0.15, 0.2) is 75.2 Å². The van der Waals surface area contributed by atoms with Gasteiger partial charge >= 0.3 is 0 Å². The molecule has 1 amide bonds. The molecule has 0 unspecified atom stereocenters. The molecule has 0 saturated carbocycles. The van der Waals surface area contributed by atoms with Crippen molar-refractivity contribution < 1.29 is 14.3 Å². The number of carbonyl (C=O) groups is 1. The maximum Gasteiger partial charge on any atom is 0.266 e. The normalized spacial score (nSPS) is 10.9. The molecule has 0 aliphatic heterocycles. The minimum absolute atomic E-state index is 0.0329. The molecule has 0 aliphatic rings. The molecule has 0 spiro atoms. The smallest absolute Gasteiger partial charge is 0.266 e. The first-order chi connectivity index (χ1) is 15.4. The first-order valence-electron chi connectivity index (χ1n) is 9.33. The van der Waals surface area contributed by atoms with Crippen LogP contribution in [0.25, 0.3) is 6.08 Å². The van der Waals surface area contributed by atoms with Crippen molar-refractivity contribution in [3.05, 3.63) is 89.9 Å². The molecule has 3 aromatic rings. The molecule has 3 aromatic carbocycles. The molecule has 0 aromatic heterocycles. The van der Waals surface area contributed by atoms with Gasteiger partial charge in [-0.2, -0.15) is 5.26 Å². The zero-order valence-electron chi connectivity index (χ0n) is 16.9. The third-order valence-corrected chi connectivity index (χ3v) is 6.16. The van der Waals surface area contributed by atoms with Gasteiger partial charge in [-0.1, -0.05) is 28.1 Å². The van der Waals surface area contributed by atoms with E-state index in [1.165, 1.54) is 6.08 Å². The van der Waals surface area contributed by atoms with Crippen LogP contribution in [0.5, 0.6) is 11.5 Å². The second-order valence-corrected chi connectivity index (χ2v) is 9.60. The second kappa shape index (κ2) is 11.5. The summed E-state index contributed by atoms with van der Waals surface area (Å²) in [6, 6.07) is 20.6. The Kier molecular flexibility index (Phi) is 8.73. The van der Waals surface area contributed by atoms with Crippen molar-refractivity contribution in [3.63, 3.8) is 0 Å². The van der Waals surface area contributed by atoms with Crippen LogP contribution in [0.4, 0.5) is 5.69 Å². The van der Waals surface area contributed by atoms with Crippen molar-refractivity contribution in [2.24, 2.45) is 0 Å². The van der Waals surface area contributed by atoms with Gasteiger partial charge in [-0.3, -0.25) is 4.79 Å². The Balaban J connectivity index is 1.80. The van der Waals surface area contributed by atoms with Crippen LogP contribution < -0.4 is 14.8 Å². The summed E-state index contributed by atoms with van der Waals surface area (Å²) >= 11 is 9.11. The zero-order chi connectivity index (χ0) is 23.1. The Labute approximate surface area is 216 Å². The van der Waals surface area contributed by atoms with E-state index < -0.39 is 5.91 Å². The number of anilines is 1. The molecule has 32 heavy (non-hydrogen) atoms. The van der Waals surface area contributed by atoms with Gasteiger partial charge in [-0.05, 0) is 104 Å². The fraction of sp³-hybridized carbons (Fsp3) is 0.0833. The lowest BCUT2D eigenvalue weighted by Crippen LogP contribution is -2.13. The zero-order valence-corrected chi connectivity index (χ0v) is 22.2. The predicted molar refractivity (Wildman–Crippen MR) is 141 cm³/mol. The minimum atomic E-state index is -0.496. The first kappa shape index (κ1) is 24.3. The summed E-state index contributed by atoms with van der Waals surface area (Å²) in [5.74, 6) is 0.534. The average Bonchev–Trinajstić information content (AvgIpc) is 2.79. The molecule has 0 fully saturated rings. The minimum Gasteiger partial charge on any atom is -0.493 e. The molecular formula is C24H17Br2IN2O3. The van der Waals surface area contributed by atoms with Gasteiger partial charge in [-0.25, -0.2) is 0 Å². The third-order valence-electron chi connectivity index (χ3n) is 4.33. The van der Waals surface area contributed by atoms with Crippen molar-refractivity contribution in [2.75, 3.05) is 12.4 Å². The Bertz CT molecular complexity index is 1190. The molecule has 0 saturated heterocycles. The van der Waals surface area contributed by atoms with Gasteiger partial charge < -0.3 is 14.8 Å². The van der Waals surface area contributed by atoms with Crippen LogP contribution in [0.1, 0.15) is 11.1 Å². The van der Waals surface area contributed by atoms with Crippen molar-refractivity contribution >= 4 is 72.1 Å². The molecule has 0 heterocycles. The number of methoxy groups -OCH3 is 1. The van der Waals surface area contributed by atoms with Crippen LogP contribution in [-0.4, -0.2) is 13.0 Å². The lowest BCUT2D eigenvalue weighted by molar-refractivity contribution is -0.112. The van der Waals surface area contributed by atoms with E-state index in [1.54, 1.807) is 31.4 Å². The quantitative estimate of drug-likeness (QED) is 0.168. The van der Waals surface area contributed by atoms with Gasteiger partial charge in [0, 0.05) is 13.7 Å². The maximum atomic E-state index is 12.5. The highest BCUT2D eigenvalue weighted by atomic mass is 127. The summed E-state index contributed by atoms with van der Waals surface area (Å²) < 4.78 is 14.1. The van der Waals surface area contributed by atoms with Crippen molar-refractivity contribution in [1.82, 2.24) is 0 Å². The summed E-state index contributed by atoms with van der Waals surface area (Å²) in [6.45, 7) is 0.375. The van der Waals surface area contributed by atoms with E-state index in [2.05, 4.69) is 59.8 Å². The topological polar surface area (TPSA) is 71.3 Å². The van der Waals surface area contributed by atoms with Gasteiger partial charge in [0.25, 0.3) is 5.91 Å². The molecule has 8 heteroatoms. The number of hydrogen-bond donors (Lipinski definition) is 1. The van der Waals surface area contributed by atoms with Gasteiger partial charge in [0.2, 0.25) is 0 Å². The van der Waals surface area contributed by atoms with Gasteiger partial charge in [0.1, 0.15) is 18.2 Å². The number of carbonyl (C=O) groups excluding carboxylic acids is 1. The Morgan fingerprint density at radius 3 is 2.44 bits per heavy atom. The van der Waals surface area contributed by atoms with Gasteiger partial charge in [0.05, 0.1) is 11.6 Å². The average molecular weight is 668 g/mol. The Morgan fingerprint density at radius 1 is 1.12 bits per heavy atom. The standard InChI is InChI=1S/C24H17Br2IN2O3/c1-31-22-12-16(10-17(13-28)24(30)29-20-8-4-18(25)5-9-20)11-21(26)23(22)32-14-15-2-6-19(27)7-3-15/h2-12H,14H2,1H3,(H,29,30)/b17-10-. The number of hydrogen-bond acceptors (Lipinski definition) is 4. The lowest BCUT2D eigenvalue weighted by atomic mass is 10.1. The largest absolute Gasteiger partial charge is 0.493 e. The molecule has 5 nitrogen and oxygen atoms in total. The first-order valence-corrected chi connectivity index (χ1v) is 12.0. The summed E-state index contributed by atoms with van der Waals surface area (Å²) in [7, 11) is 1.54. The van der Waals surface area contributed by atoms with Gasteiger partial charge in [0.15, 0.2) is 11.5 Å². The third kappa shape index (κ3) is 6.58. The highest BCUT2D eigenvalue weighted by molar-refractivity contribution is 14.1. The van der Waals surface area contributed by atoms with Crippen LogP contribution in [0, 0.1) is 14.9 Å². The highest BCUT2D eigenvalue weighted by Crippen LogP contribution is 2.38. The predicted octanol–water partition coefficient (Wildman–Crippen LogP) is 6.95. The molecule has 162 valence electrons. The van der Waals surface area contributed by atoms with Crippen molar-refractivity contribution in [2.45, 2.75) is 6.61 Å². The molecule has 0 bridgehead atoms. The molecular weight excluding hydrogens is 651 g/mol. The summed E-state index contributed by atoms with van der Waals surface area (Å²) in [4.78, 5) is 12.5. The van der Waals surface area contributed by atoms with E-state index in [-0.39, 0.29) is 5.57 Å². The number of ether oxygens (including phenoxy) is 2. The van der Waals surface area contributed by atoms with E-state index in [9.17, 15) is 10.1 Å². The Morgan fingerprint density at radius 2 is 1.81 bits per heavy atom. The van der Waals surface area contributed by atoms with Gasteiger partial charge in [-0.15, -0.1) is 0 Å². The molecule has 0 aliphatic carbocycles. The van der Waals surface area contributed by atoms with Crippen LogP contribution >= 0.6 is 54.5 Å². The van der Waals surface area contributed by atoms with Crippen molar-refractivity contribution in [3.8, 4) is 17.6 Å². The van der Waals surface area contributed by atoms with E-state index in [0.29, 0.717) is 33.8 Å². The number of rotatable bonds is 7. The maximum absolute atomic E-state index is 12.5. The number of nitrogens with zero attached hydrogens (tertiary/aromatic N) is 1. The molecule has 0 radical (unpaired) electrons. The molecule has 3 rings (SSSR count). The number of nitriles is 1. The van der Waals surface area contributed by atoms with E-state index in [4.69, 9.17) is 9.47 Å². The van der Waals surface area contributed by atoms with Crippen LogP contribution in [-0.2, 0) is 11.4 Å². The number of nitrogens with one attached hydrogen (secondary N) is 1. The highest BCUT2D eigenvalue weighted by Gasteiger charge is 2.14. The van der Waals surface area contributed by atoms with E-state index in [1.807, 2.05) is 42.5 Å². The summed E-state index contributed by atoms with van der Waals surface area (Å²) in [5, 5.41) is 12.2. The number of amides is 1. The SMILES string of the molecule is COc1cc(/C=C(/C#N)C(=O)Nc2ccc(Br)cc2)cc(Br)c1OCc1ccc(I)cc1. The Hall–Kier alpha value is -2.35. The summed E-state index contributed by atoms with van der Waals surface area (Å²) in [6.07, 6.45) is 1.50. The fourth-order valence-electron chi connectivity index (χ4n) is 2.75. The number of halogens is 3. The van der Waals surface area contributed by atoms with Crippen molar-refractivity contribution in [1.29, 1.82) is 5.26 Å². The van der Waals surface area contributed by atoms with Crippen LogP contribution in [0.2, 0.25) is 0 Å².